The Morgan fingerprint density at radius 1 is 1.00 bits per heavy atom. The molecule has 5 heterocycles. The van der Waals surface area contributed by atoms with Crippen LogP contribution in [0.5, 0.6) is 0 Å². The molecule has 4 aromatic rings. The summed E-state index contributed by atoms with van der Waals surface area (Å²) < 4.78 is 15.3. The first-order chi connectivity index (χ1) is 16.7. The molecule has 0 N–H and O–H groups in total. The van der Waals surface area contributed by atoms with Crippen LogP contribution in [-0.4, -0.2) is 63.8 Å². The van der Waals surface area contributed by atoms with Crippen LogP contribution in [0.15, 0.2) is 48.9 Å². The number of fused-ring (bicyclic) bond motifs is 1. The predicted molar refractivity (Wildman–Crippen MR) is 131 cm³/mol. The summed E-state index contributed by atoms with van der Waals surface area (Å²) in [6.45, 7) is 7.82. The number of hydrogen-bond acceptors (Lipinski definition) is 6. The Labute approximate surface area is 199 Å². The Hall–Kier alpha value is -3.23. The van der Waals surface area contributed by atoms with Gasteiger partial charge in [0.1, 0.15) is 5.52 Å². The smallest absolute Gasteiger partial charge is 0.164 e. The van der Waals surface area contributed by atoms with E-state index in [9.17, 15) is 0 Å². The van der Waals surface area contributed by atoms with Gasteiger partial charge in [0, 0.05) is 50.7 Å². The molecular weight excluding hydrogens is 428 g/mol. The van der Waals surface area contributed by atoms with Gasteiger partial charge in [-0.25, -0.2) is 14.6 Å². The molecule has 0 aliphatic carbocycles. The second-order valence-corrected chi connectivity index (χ2v) is 9.24. The Morgan fingerprint density at radius 2 is 1.82 bits per heavy atom. The lowest BCUT2D eigenvalue weighted by Crippen LogP contribution is -2.36. The van der Waals surface area contributed by atoms with Gasteiger partial charge in [0.05, 0.1) is 30.9 Å². The summed E-state index contributed by atoms with van der Waals surface area (Å²) in [4.78, 5) is 12.2. The number of aryl methyl sites for hydroxylation is 1. The topological polar surface area (TPSA) is 70.2 Å². The minimum atomic E-state index is 0.584. The zero-order chi connectivity index (χ0) is 22.9. The quantitative estimate of drug-likeness (QED) is 0.452. The van der Waals surface area contributed by atoms with Gasteiger partial charge in [-0.1, -0.05) is 23.8 Å². The zero-order valence-corrected chi connectivity index (χ0v) is 19.6. The van der Waals surface area contributed by atoms with Crippen molar-refractivity contribution in [2.75, 3.05) is 44.4 Å². The maximum Gasteiger partial charge on any atom is 0.164 e. The molecule has 34 heavy (non-hydrogen) atoms. The van der Waals surface area contributed by atoms with Crippen molar-refractivity contribution in [3.8, 4) is 17.1 Å². The van der Waals surface area contributed by atoms with Gasteiger partial charge in [-0.3, -0.25) is 0 Å². The molecule has 6 rings (SSSR count). The van der Waals surface area contributed by atoms with Gasteiger partial charge in [0.2, 0.25) is 0 Å². The Kier molecular flexibility index (Phi) is 5.76. The summed E-state index contributed by atoms with van der Waals surface area (Å²) in [6.07, 6.45) is 6.10. The lowest BCUT2D eigenvalue weighted by molar-refractivity contribution is 0.0615. The molecule has 0 atom stereocenters. The summed E-state index contributed by atoms with van der Waals surface area (Å²) in [7, 11) is 0. The van der Waals surface area contributed by atoms with Crippen LogP contribution in [0.25, 0.3) is 28.2 Å². The second-order valence-electron chi connectivity index (χ2n) is 9.24. The highest BCUT2D eigenvalue weighted by molar-refractivity contribution is 5.87. The van der Waals surface area contributed by atoms with E-state index in [1.807, 2.05) is 23.3 Å². The first kappa shape index (κ1) is 21.3. The average Bonchev–Trinajstić information content (AvgIpc) is 3.53. The van der Waals surface area contributed by atoms with Crippen LogP contribution in [0, 0.1) is 12.8 Å². The largest absolute Gasteiger partial charge is 0.381 e. The maximum atomic E-state index is 5.60. The third kappa shape index (κ3) is 4.19. The molecule has 0 spiro atoms. The number of anilines is 1. The van der Waals surface area contributed by atoms with Crippen molar-refractivity contribution in [2.45, 2.75) is 26.3 Å². The fourth-order valence-electron chi connectivity index (χ4n) is 4.92. The Bertz CT molecular complexity index is 1280. The number of imidazole rings is 1. The number of ether oxygens (including phenoxy) is 2. The average molecular weight is 459 g/mol. The van der Waals surface area contributed by atoms with Gasteiger partial charge in [0.25, 0.3) is 0 Å². The summed E-state index contributed by atoms with van der Waals surface area (Å²) in [5.41, 5.74) is 6.23. The number of benzene rings is 1. The lowest BCUT2D eigenvalue weighted by Gasteiger charge is -2.29. The third-order valence-electron chi connectivity index (χ3n) is 6.82. The number of aromatic nitrogens is 5. The van der Waals surface area contributed by atoms with Crippen LogP contribution in [0.1, 0.15) is 18.4 Å². The first-order valence-corrected chi connectivity index (χ1v) is 12.1. The van der Waals surface area contributed by atoms with E-state index in [4.69, 9.17) is 24.5 Å². The Balaban J connectivity index is 1.41. The molecule has 1 aromatic carbocycles. The molecule has 0 unspecified atom stereocenters. The number of morpholine rings is 1. The molecular formula is C26H30N6O2. The summed E-state index contributed by atoms with van der Waals surface area (Å²) in [5.74, 6) is 1.39. The van der Waals surface area contributed by atoms with Crippen LogP contribution in [0.2, 0.25) is 0 Å². The monoisotopic (exact) mass is 458 g/mol. The highest BCUT2D eigenvalue weighted by atomic mass is 16.5. The van der Waals surface area contributed by atoms with Crippen molar-refractivity contribution in [2.24, 2.45) is 5.92 Å². The van der Waals surface area contributed by atoms with E-state index in [-0.39, 0.29) is 0 Å². The molecule has 0 amide bonds. The minimum Gasteiger partial charge on any atom is -0.381 e. The Morgan fingerprint density at radius 3 is 2.65 bits per heavy atom. The summed E-state index contributed by atoms with van der Waals surface area (Å²) in [6, 6.07) is 12.6. The van der Waals surface area contributed by atoms with E-state index in [1.54, 1.807) is 0 Å². The van der Waals surface area contributed by atoms with Gasteiger partial charge < -0.3 is 18.9 Å². The molecule has 2 fully saturated rings. The normalized spacial score (nSPS) is 17.5. The van der Waals surface area contributed by atoms with Crippen LogP contribution >= 0.6 is 0 Å². The number of nitrogens with zero attached hydrogens (tertiary/aromatic N) is 6. The van der Waals surface area contributed by atoms with Gasteiger partial charge in [-0.2, -0.15) is 5.10 Å². The maximum absolute atomic E-state index is 5.60. The predicted octanol–water partition coefficient (Wildman–Crippen LogP) is 3.86. The highest BCUT2D eigenvalue weighted by Gasteiger charge is 2.22. The number of rotatable bonds is 5. The molecule has 8 heteroatoms. The van der Waals surface area contributed by atoms with E-state index in [0.717, 1.165) is 92.8 Å². The van der Waals surface area contributed by atoms with Crippen molar-refractivity contribution in [3.63, 3.8) is 0 Å². The van der Waals surface area contributed by atoms with Gasteiger partial charge in [-0.15, -0.1) is 0 Å². The van der Waals surface area contributed by atoms with Crippen molar-refractivity contribution < 1.29 is 9.47 Å². The standard InChI is InChI=1S/C26H30N6O2/c1-19-3-2-4-21(15-19)22-5-8-32(29-22)24-16-23(30-9-13-34-14-10-30)25-26(28-24)31(18-27-25)17-20-6-11-33-12-7-20/h2-5,8,15-16,18,20H,6-7,9-14,17H2,1H3. The third-order valence-corrected chi connectivity index (χ3v) is 6.82. The van der Waals surface area contributed by atoms with Crippen molar-refractivity contribution in [1.29, 1.82) is 0 Å². The second kappa shape index (κ2) is 9.19. The van der Waals surface area contributed by atoms with E-state index < -0.39 is 0 Å². The molecule has 0 radical (unpaired) electrons. The first-order valence-electron chi connectivity index (χ1n) is 12.1. The lowest BCUT2D eigenvalue weighted by atomic mass is 10.0. The van der Waals surface area contributed by atoms with E-state index in [0.29, 0.717) is 5.92 Å². The van der Waals surface area contributed by atoms with Gasteiger partial charge in [-0.05, 0) is 37.8 Å². The molecule has 8 nitrogen and oxygen atoms in total. The molecule has 3 aromatic heterocycles. The molecule has 2 aliphatic heterocycles. The summed E-state index contributed by atoms with van der Waals surface area (Å²) >= 11 is 0. The van der Waals surface area contributed by atoms with Gasteiger partial charge >= 0.3 is 0 Å². The van der Waals surface area contributed by atoms with Crippen molar-refractivity contribution in [3.05, 3.63) is 54.5 Å². The molecule has 2 aliphatic rings. The van der Waals surface area contributed by atoms with Gasteiger partial charge in [0.15, 0.2) is 11.5 Å². The van der Waals surface area contributed by atoms with Crippen LogP contribution in [0.4, 0.5) is 5.69 Å². The van der Waals surface area contributed by atoms with Crippen LogP contribution in [0.3, 0.4) is 0 Å². The fraction of sp³-hybridized carbons (Fsp3) is 0.423. The molecule has 176 valence electrons. The van der Waals surface area contributed by atoms with Crippen molar-refractivity contribution >= 4 is 16.9 Å². The number of hydrogen-bond donors (Lipinski definition) is 0. The molecule has 2 saturated heterocycles. The van der Waals surface area contributed by atoms with Crippen molar-refractivity contribution in [1.82, 2.24) is 24.3 Å². The molecule has 0 saturated carbocycles. The van der Waals surface area contributed by atoms with E-state index in [2.05, 4.69) is 46.7 Å². The zero-order valence-electron chi connectivity index (χ0n) is 19.6. The minimum absolute atomic E-state index is 0.584. The number of pyridine rings is 1. The molecule has 0 bridgehead atoms. The van der Waals surface area contributed by atoms with Crippen LogP contribution < -0.4 is 4.90 Å². The van der Waals surface area contributed by atoms with E-state index >= 15 is 0 Å². The SMILES string of the molecule is Cc1cccc(-c2ccn(-c3cc(N4CCOCC4)c4ncn(CC5CCOCC5)c4n3)n2)c1. The van der Waals surface area contributed by atoms with E-state index in [1.165, 1.54) is 5.56 Å². The fourth-order valence-corrected chi connectivity index (χ4v) is 4.92. The highest BCUT2D eigenvalue weighted by Crippen LogP contribution is 2.30. The van der Waals surface area contributed by atoms with Crippen LogP contribution in [-0.2, 0) is 16.0 Å². The summed E-state index contributed by atoms with van der Waals surface area (Å²) in [5, 5.41) is 4.88.